The summed E-state index contributed by atoms with van der Waals surface area (Å²) in [7, 11) is 1.60. The second kappa shape index (κ2) is 5.91. The van der Waals surface area contributed by atoms with Gasteiger partial charge in [0.15, 0.2) is 5.75 Å². The van der Waals surface area contributed by atoms with Gasteiger partial charge in [0.05, 0.1) is 16.6 Å². The smallest absolute Gasteiger partial charge is 0.157 e. The molecule has 82 valence electrons. The highest BCUT2D eigenvalue weighted by Gasteiger charge is 2.08. The molecule has 0 heterocycles. The van der Waals surface area contributed by atoms with Gasteiger partial charge >= 0.3 is 0 Å². The molecule has 0 radical (unpaired) electrons. The summed E-state index contributed by atoms with van der Waals surface area (Å²) < 4.78 is 7.13. The van der Waals surface area contributed by atoms with Gasteiger partial charge in [0.1, 0.15) is 11.5 Å². The van der Waals surface area contributed by atoms with Crippen molar-refractivity contribution < 1.29 is 4.74 Å². The Morgan fingerprint density at radius 2 is 2.33 bits per heavy atom. The van der Waals surface area contributed by atoms with Crippen LogP contribution >= 0.6 is 50.1 Å². The Balaban J connectivity index is 3.26. The zero-order chi connectivity index (χ0) is 11.4. The summed E-state index contributed by atoms with van der Waals surface area (Å²) in [5.74, 6) is 1.27. The van der Waals surface area contributed by atoms with E-state index in [-0.39, 0.29) is 5.88 Å². The molecule has 0 aromatic heterocycles. The molecule has 3 nitrogen and oxygen atoms in total. The molecule has 15 heavy (non-hydrogen) atoms. The average Bonchev–Trinajstić information content (AvgIpc) is 2.17. The number of ether oxygens (including phenoxy) is 1. The Bertz CT molecular complexity index is 398. The molecule has 0 aliphatic heterocycles. The molecule has 0 spiro atoms. The number of nitrogens with zero attached hydrogens (tertiary/aromatic N) is 1. The highest BCUT2D eigenvalue weighted by Crippen LogP contribution is 2.35. The number of nitrogens with two attached hydrogens (primary N) is 1. The topological polar surface area (TPSA) is 47.6 Å². The molecule has 1 rings (SSSR count). The molecule has 2 N–H and O–H groups in total. The van der Waals surface area contributed by atoms with E-state index in [9.17, 15) is 0 Å². The van der Waals surface area contributed by atoms with Gasteiger partial charge in [0, 0.05) is 4.47 Å². The van der Waals surface area contributed by atoms with Crippen LogP contribution in [0.25, 0.3) is 0 Å². The third-order valence-electron chi connectivity index (χ3n) is 1.59. The molecular weight excluding hydrogens is 394 g/mol. The first-order valence-electron chi connectivity index (χ1n) is 4.00. The van der Waals surface area contributed by atoms with Gasteiger partial charge in [-0.05, 0) is 34.7 Å². The second-order valence-corrected chi connectivity index (χ2v) is 5.02. The minimum absolute atomic E-state index is 0.201. The van der Waals surface area contributed by atoms with E-state index in [4.69, 9.17) is 22.1 Å². The summed E-state index contributed by atoms with van der Waals surface area (Å²) in [6.07, 6.45) is 0. The first-order valence-corrected chi connectivity index (χ1v) is 6.41. The SMILES string of the molecule is COc1c(I)cc(Br)cc1N=C(N)CCl. The van der Waals surface area contributed by atoms with Crippen molar-refractivity contribution >= 4 is 61.6 Å². The van der Waals surface area contributed by atoms with Gasteiger partial charge in [-0.3, -0.25) is 0 Å². The van der Waals surface area contributed by atoms with Crippen molar-refractivity contribution in [3.05, 3.63) is 20.2 Å². The van der Waals surface area contributed by atoms with E-state index in [2.05, 4.69) is 43.5 Å². The maximum absolute atomic E-state index is 5.57. The highest BCUT2D eigenvalue weighted by molar-refractivity contribution is 14.1. The summed E-state index contributed by atoms with van der Waals surface area (Å²) in [6.45, 7) is 0. The van der Waals surface area contributed by atoms with Crippen LogP contribution in [0, 0.1) is 3.57 Å². The fourth-order valence-corrected chi connectivity index (χ4v) is 2.78. The van der Waals surface area contributed by atoms with E-state index in [1.165, 1.54) is 0 Å². The zero-order valence-electron chi connectivity index (χ0n) is 7.93. The Morgan fingerprint density at radius 3 is 2.87 bits per heavy atom. The monoisotopic (exact) mass is 402 g/mol. The maximum atomic E-state index is 5.57. The Hall–Kier alpha value is -0.0100. The van der Waals surface area contributed by atoms with Crippen LogP contribution in [0.1, 0.15) is 0 Å². The normalized spacial score (nSPS) is 11.6. The highest BCUT2D eigenvalue weighted by atomic mass is 127. The number of amidine groups is 1. The first-order chi connectivity index (χ1) is 7.08. The molecule has 0 saturated heterocycles. The van der Waals surface area contributed by atoms with Crippen molar-refractivity contribution in [1.82, 2.24) is 0 Å². The van der Waals surface area contributed by atoms with E-state index >= 15 is 0 Å². The van der Waals surface area contributed by atoms with Gasteiger partial charge in [-0.25, -0.2) is 4.99 Å². The molecule has 0 atom stereocenters. The Morgan fingerprint density at radius 1 is 1.67 bits per heavy atom. The van der Waals surface area contributed by atoms with Crippen LogP contribution in [0.2, 0.25) is 0 Å². The van der Waals surface area contributed by atoms with Crippen molar-refractivity contribution in [3.63, 3.8) is 0 Å². The van der Waals surface area contributed by atoms with Crippen LogP contribution in [0.3, 0.4) is 0 Å². The number of aliphatic imine (C=N–C) groups is 1. The van der Waals surface area contributed by atoms with Crippen molar-refractivity contribution in [2.75, 3.05) is 13.0 Å². The minimum Gasteiger partial charge on any atom is -0.493 e. The van der Waals surface area contributed by atoms with Crippen LogP contribution in [0.5, 0.6) is 5.75 Å². The second-order valence-electron chi connectivity index (χ2n) is 2.68. The standard InChI is InChI=1S/C9H9BrClIN2O/c1-15-9-6(12)2-5(10)3-7(9)14-8(13)4-11/h2-3H,4H2,1H3,(H2,13,14). The number of alkyl halides is 1. The number of halogens is 3. The van der Waals surface area contributed by atoms with E-state index in [0.29, 0.717) is 17.3 Å². The summed E-state index contributed by atoms with van der Waals surface area (Å²) in [4.78, 5) is 4.17. The van der Waals surface area contributed by atoms with Crippen LogP contribution in [0.15, 0.2) is 21.6 Å². The lowest BCUT2D eigenvalue weighted by atomic mass is 10.3. The first kappa shape index (κ1) is 13.1. The number of methoxy groups -OCH3 is 1. The predicted octanol–water partition coefficient (Wildman–Crippen LogP) is 3.29. The van der Waals surface area contributed by atoms with Gasteiger partial charge < -0.3 is 10.5 Å². The molecule has 0 unspecified atom stereocenters. The third-order valence-corrected chi connectivity index (χ3v) is 3.13. The molecule has 0 aliphatic carbocycles. The van der Waals surface area contributed by atoms with E-state index < -0.39 is 0 Å². The van der Waals surface area contributed by atoms with Gasteiger partial charge in [0.2, 0.25) is 0 Å². The lowest BCUT2D eigenvalue weighted by Gasteiger charge is -2.08. The number of benzene rings is 1. The van der Waals surface area contributed by atoms with Gasteiger partial charge in [0.25, 0.3) is 0 Å². The molecule has 0 saturated carbocycles. The number of hydrogen-bond donors (Lipinski definition) is 1. The molecular formula is C9H9BrClIN2O. The largest absolute Gasteiger partial charge is 0.493 e. The van der Waals surface area contributed by atoms with Crippen LogP contribution < -0.4 is 10.5 Å². The zero-order valence-corrected chi connectivity index (χ0v) is 12.4. The quantitative estimate of drug-likeness (QED) is 0.364. The molecule has 1 aromatic carbocycles. The number of rotatable bonds is 3. The van der Waals surface area contributed by atoms with E-state index in [1.54, 1.807) is 7.11 Å². The van der Waals surface area contributed by atoms with Crippen molar-refractivity contribution in [3.8, 4) is 5.75 Å². The van der Waals surface area contributed by atoms with E-state index in [0.717, 1.165) is 8.04 Å². The van der Waals surface area contributed by atoms with Gasteiger partial charge in [-0.15, -0.1) is 11.6 Å². The fraction of sp³-hybridized carbons (Fsp3) is 0.222. The fourth-order valence-electron chi connectivity index (χ4n) is 1.02. The maximum Gasteiger partial charge on any atom is 0.157 e. The average molecular weight is 403 g/mol. The Kier molecular flexibility index (Phi) is 5.14. The van der Waals surface area contributed by atoms with E-state index in [1.807, 2.05) is 12.1 Å². The summed E-state index contributed by atoms with van der Waals surface area (Å²) in [5, 5.41) is 0. The van der Waals surface area contributed by atoms with Crippen molar-refractivity contribution in [2.24, 2.45) is 10.7 Å². The number of hydrogen-bond acceptors (Lipinski definition) is 2. The summed E-state index contributed by atoms with van der Waals surface area (Å²) in [6, 6.07) is 3.77. The summed E-state index contributed by atoms with van der Waals surface area (Å²) >= 11 is 11.1. The Labute approximate surface area is 115 Å². The molecule has 0 aliphatic rings. The van der Waals surface area contributed by atoms with Gasteiger partial charge in [-0.2, -0.15) is 0 Å². The van der Waals surface area contributed by atoms with Gasteiger partial charge in [-0.1, -0.05) is 15.9 Å². The third kappa shape index (κ3) is 3.49. The lowest BCUT2D eigenvalue weighted by Crippen LogP contribution is -2.12. The van der Waals surface area contributed by atoms with Crippen LogP contribution in [-0.2, 0) is 0 Å². The van der Waals surface area contributed by atoms with Crippen LogP contribution in [0.4, 0.5) is 5.69 Å². The van der Waals surface area contributed by atoms with Crippen LogP contribution in [-0.4, -0.2) is 18.8 Å². The van der Waals surface area contributed by atoms with Crippen molar-refractivity contribution in [2.45, 2.75) is 0 Å². The lowest BCUT2D eigenvalue weighted by molar-refractivity contribution is 0.413. The molecule has 0 amide bonds. The molecule has 0 fully saturated rings. The van der Waals surface area contributed by atoms with Crippen molar-refractivity contribution in [1.29, 1.82) is 0 Å². The minimum atomic E-state index is 0.201. The molecule has 6 heteroatoms. The molecule has 0 bridgehead atoms. The molecule has 1 aromatic rings. The summed E-state index contributed by atoms with van der Waals surface area (Å²) in [5.41, 5.74) is 6.25. The predicted molar refractivity (Wildman–Crippen MR) is 75.4 cm³/mol.